The Balaban J connectivity index is 4.21. The molecule has 0 aliphatic heterocycles. The van der Waals surface area contributed by atoms with Crippen LogP contribution in [0.15, 0.2) is 0 Å². The third-order valence-electron chi connectivity index (χ3n) is 1.82. The Morgan fingerprint density at radius 1 is 1.08 bits per heavy atom. The molecule has 4 nitrogen and oxygen atoms in total. The molecule has 0 saturated heterocycles. The lowest BCUT2D eigenvalue weighted by Gasteiger charge is -2.30. The first kappa shape index (κ1) is 13.1. The first-order valence-electron chi connectivity index (χ1n) is 3.78. The fourth-order valence-corrected chi connectivity index (χ4v) is 1.14. The van der Waals surface area contributed by atoms with Crippen molar-refractivity contribution in [3.63, 3.8) is 0 Å². The summed E-state index contributed by atoms with van der Waals surface area (Å²) in [6.07, 6.45) is 0.764. The highest BCUT2D eigenvalue weighted by molar-refractivity contribution is 6.18. The van der Waals surface area contributed by atoms with Gasteiger partial charge < -0.3 is 18.9 Å². The number of rotatable bonds is 7. The minimum Gasteiger partial charge on any atom is -0.352 e. The molecule has 0 aliphatic rings. The van der Waals surface area contributed by atoms with Crippen LogP contribution in [0.1, 0.15) is 6.42 Å². The van der Waals surface area contributed by atoms with Gasteiger partial charge in [0.2, 0.25) is 6.29 Å². The topological polar surface area (TPSA) is 36.9 Å². The van der Waals surface area contributed by atoms with Crippen molar-refractivity contribution in [3.05, 3.63) is 6.29 Å². The van der Waals surface area contributed by atoms with E-state index >= 15 is 0 Å². The number of methoxy groups -OCH3 is 4. The SMILES string of the molecule is CO[C](CC(CCl)(OC)OC)OC. The summed E-state index contributed by atoms with van der Waals surface area (Å²) in [5, 5.41) is 0. The van der Waals surface area contributed by atoms with Crippen LogP contribution < -0.4 is 0 Å². The van der Waals surface area contributed by atoms with E-state index in [4.69, 9.17) is 30.5 Å². The summed E-state index contributed by atoms with van der Waals surface area (Å²) in [4.78, 5) is 0. The second kappa shape index (κ2) is 6.56. The predicted molar refractivity (Wildman–Crippen MR) is 49.3 cm³/mol. The highest BCUT2D eigenvalue weighted by Crippen LogP contribution is 2.25. The average molecular weight is 212 g/mol. The average Bonchev–Trinajstić information content (AvgIpc) is 2.21. The predicted octanol–water partition coefficient (Wildman–Crippen LogP) is 1.39. The molecular formula is C8H16ClO4. The zero-order valence-corrected chi connectivity index (χ0v) is 9.18. The zero-order chi connectivity index (χ0) is 10.3. The maximum Gasteiger partial charge on any atom is 0.228 e. The Labute approximate surface area is 84.1 Å². The molecule has 0 aliphatic carbocycles. The maximum atomic E-state index is 5.71. The zero-order valence-electron chi connectivity index (χ0n) is 8.43. The van der Waals surface area contributed by atoms with Crippen LogP contribution >= 0.6 is 11.6 Å². The van der Waals surface area contributed by atoms with Crippen LogP contribution in [0.25, 0.3) is 0 Å². The van der Waals surface area contributed by atoms with Crippen LogP contribution in [0.4, 0.5) is 0 Å². The number of alkyl halides is 1. The van der Waals surface area contributed by atoms with Crippen LogP contribution in [0.2, 0.25) is 0 Å². The van der Waals surface area contributed by atoms with Crippen molar-refractivity contribution in [1.82, 2.24) is 0 Å². The molecule has 0 N–H and O–H groups in total. The van der Waals surface area contributed by atoms with Crippen molar-refractivity contribution in [2.24, 2.45) is 0 Å². The van der Waals surface area contributed by atoms with E-state index in [0.717, 1.165) is 0 Å². The van der Waals surface area contributed by atoms with Gasteiger partial charge in [-0.15, -0.1) is 11.6 Å². The molecule has 0 heterocycles. The fourth-order valence-electron chi connectivity index (χ4n) is 0.832. The number of hydrogen-bond donors (Lipinski definition) is 0. The summed E-state index contributed by atoms with van der Waals surface area (Å²) in [7, 11) is 6.08. The van der Waals surface area contributed by atoms with Crippen LogP contribution in [0, 0.1) is 6.29 Å². The first-order valence-corrected chi connectivity index (χ1v) is 4.31. The molecule has 0 spiro atoms. The normalized spacial score (nSPS) is 12.5. The molecule has 1 radical (unpaired) electrons. The van der Waals surface area contributed by atoms with Gasteiger partial charge in [0.25, 0.3) is 0 Å². The summed E-state index contributed by atoms with van der Waals surface area (Å²) in [5.74, 6) is -0.668. The van der Waals surface area contributed by atoms with Gasteiger partial charge in [-0.2, -0.15) is 0 Å². The Hall–Kier alpha value is 0.130. The first-order chi connectivity index (χ1) is 6.17. The number of ether oxygens (including phenoxy) is 4. The van der Waals surface area contributed by atoms with Crippen molar-refractivity contribution < 1.29 is 18.9 Å². The van der Waals surface area contributed by atoms with Crippen molar-refractivity contribution >= 4 is 11.6 Å². The molecule has 5 heteroatoms. The van der Waals surface area contributed by atoms with Gasteiger partial charge in [0.15, 0.2) is 5.79 Å². The minimum absolute atomic E-state index is 0.205. The molecule has 0 fully saturated rings. The largest absolute Gasteiger partial charge is 0.352 e. The molecule has 0 aromatic rings. The Kier molecular flexibility index (Phi) is 6.63. The lowest BCUT2D eigenvalue weighted by atomic mass is 10.2. The van der Waals surface area contributed by atoms with Gasteiger partial charge >= 0.3 is 0 Å². The second-order valence-electron chi connectivity index (χ2n) is 2.41. The van der Waals surface area contributed by atoms with E-state index in [2.05, 4.69) is 0 Å². The fraction of sp³-hybridized carbons (Fsp3) is 0.875. The lowest BCUT2D eigenvalue weighted by Crippen LogP contribution is -2.38. The molecule has 0 atom stereocenters. The molecular weight excluding hydrogens is 196 g/mol. The van der Waals surface area contributed by atoms with Crippen LogP contribution in [0.3, 0.4) is 0 Å². The van der Waals surface area contributed by atoms with Gasteiger partial charge in [0.1, 0.15) is 0 Å². The molecule has 0 saturated carbocycles. The van der Waals surface area contributed by atoms with E-state index in [-0.39, 0.29) is 5.88 Å². The van der Waals surface area contributed by atoms with Crippen molar-refractivity contribution in [2.75, 3.05) is 34.3 Å². The van der Waals surface area contributed by atoms with Crippen LogP contribution in [-0.4, -0.2) is 40.1 Å². The lowest BCUT2D eigenvalue weighted by molar-refractivity contribution is -0.211. The van der Waals surface area contributed by atoms with Crippen LogP contribution in [0.5, 0.6) is 0 Å². The molecule has 0 aromatic heterocycles. The third-order valence-corrected chi connectivity index (χ3v) is 2.22. The van der Waals surface area contributed by atoms with Gasteiger partial charge in [0, 0.05) is 28.4 Å². The molecule has 0 bridgehead atoms. The second-order valence-corrected chi connectivity index (χ2v) is 2.68. The standard InChI is InChI=1S/C8H16ClO4/c1-10-7(11-2)5-8(6-9,12-3)13-4/h5-6H2,1-4H3. The van der Waals surface area contributed by atoms with Gasteiger partial charge in [-0.3, -0.25) is 0 Å². The van der Waals surface area contributed by atoms with Crippen LogP contribution in [-0.2, 0) is 18.9 Å². The van der Waals surface area contributed by atoms with Crippen molar-refractivity contribution in [3.8, 4) is 0 Å². The summed E-state index contributed by atoms with van der Waals surface area (Å²) in [6, 6.07) is 0. The van der Waals surface area contributed by atoms with Gasteiger partial charge in [-0.05, 0) is 0 Å². The Morgan fingerprint density at radius 2 is 1.54 bits per heavy atom. The Morgan fingerprint density at radius 3 is 1.77 bits per heavy atom. The summed E-state index contributed by atoms with van der Waals surface area (Å²) >= 11 is 5.71. The summed E-state index contributed by atoms with van der Waals surface area (Å²) < 4.78 is 20.1. The van der Waals surface area contributed by atoms with Crippen molar-refractivity contribution in [1.29, 1.82) is 0 Å². The Bertz CT molecular complexity index is 115. The molecule has 0 rings (SSSR count). The molecule has 13 heavy (non-hydrogen) atoms. The quantitative estimate of drug-likeness (QED) is 0.471. The third kappa shape index (κ3) is 3.79. The minimum atomic E-state index is -0.872. The molecule has 0 amide bonds. The number of halogens is 1. The molecule has 0 aromatic carbocycles. The smallest absolute Gasteiger partial charge is 0.228 e. The highest BCUT2D eigenvalue weighted by atomic mass is 35.5. The van der Waals surface area contributed by atoms with Gasteiger partial charge in [0.05, 0.1) is 12.3 Å². The van der Waals surface area contributed by atoms with E-state index in [0.29, 0.717) is 12.7 Å². The molecule has 0 unspecified atom stereocenters. The van der Waals surface area contributed by atoms with E-state index < -0.39 is 5.79 Å². The highest BCUT2D eigenvalue weighted by Gasteiger charge is 2.33. The van der Waals surface area contributed by atoms with Crippen molar-refractivity contribution in [2.45, 2.75) is 12.2 Å². The monoisotopic (exact) mass is 211 g/mol. The summed E-state index contributed by atoms with van der Waals surface area (Å²) in [5.41, 5.74) is 0. The van der Waals surface area contributed by atoms with E-state index in [1.54, 1.807) is 0 Å². The number of hydrogen-bond acceptors (Lipinski definition) is 4. The maximum absolute atomic E-state index is 5.71. The summed E-state index contributed by atoms with van der Waals surface area (Å²) in [6.45, 7) is 0. The van der Waals surface area contributed by atoms with E-state index in [1.165, 1.54) is 28.4 Å². The van der Waals surface area contributed by atoms with Gasteiger partial charge in [-0.1, -0.05) is 0 Å². The van der Waals surface area contributed by atoms with Gasteiger partial charge in [-0.25, -0.2) is 0 Å². The molecule has 79 valence electrons. The van der Waals surface area contributed by atoms with E-state index in [9.17, 15) is 0 Å². The van der Waals surface area contributed by atoms with E-state index in [1.807, 2.05) is 0 Å².